The van der Waals surface area contributed by atoms with Gasteiger partial charge in [0.2, 0.25) is 5.91 Å². The molecular weight excluding hydrogens is 322 g/mol. The monoisotopic (exact) mass is 341 g/mol. The third kappa shape index (κ3) is 2.94. The number of nitrogens with one attached hydrogen (secondary N) is 1. The van der Waals surface area contributed by atoms with E-state index in [9.17, 15) is 4.79 Å². The SMILES string of the molecule is O=C(C1Cc2ccccc2N1)N1CCN(c2cccc(Cl)c2)CC1. The van der Waals surface area contributed by atoms with Gasteiger partial charge in [0.05, 0.1) is 0 Å². The number of fused-ring (bicyclic) bond motifs is 1. The number of halogens is 1. The quantitative estimate of drug-likeness (QED) is 0.912. The predicted molar refractivity (Wildman–Crippen MR) is 97.8 cm³/mol. The lowest BCUT2D eigenvalue weighted by molar-refractivity contribution is -0.132. The van der Waals surface area contributed by atoms with Crippen LogP contribution in [0.25, 0.3) is 0 Å². The van der Waals surface area contributed by atoms with Crippen LogP contribution in [0.15, 0.2) is 48.5 Å². The van der Waals surface area contributed by atoms with Crippen molar-refractivity contribution in [3.63, 3.8) is 0 Å². The van der Waals surface area contributed by atoms with Crippen molar-refractivity contribution < 1.29 is 4.79 Å². The second kappa shape index (κ2) is 6.36. The van der Waals surface area contributed by atoms with E-state index < -0.39 is 0 Å². The van der Waals surface area contributed by atoms with Crippen molar-refractivity contribution in [2.24, 2.45) is 0 Å². The highest BCUT2D eigenvalue weighted by molar-refractivity contribution is 6.30. The van der Waals surface area contributed by atoms with Crippen LogP contribution in [0, 0.1) is 0 Å². The van der Waals surface area contributed by atoms with Crippen LogP contribution in [0.5, 0.6) is 0 Å². The molecule has 0 bridgehead atoms. The minimum absolute atomic E-state index is 0.125. The molecule has 0 spiro atoms. The molecule has 1 N–H and O–H groups in total. The van der Waals surface area contributed by atoms with Crippen molar-refractivity contribution in [2.45, 2.75) is 12.5 Å². The molecule has 1 saturated heterocycles. The molecule has 4 rings (SSSR count). The fourth-order valence-electron chi connectivity index (χ4n) is 3.53. The number of piperazine rings is 1. The third-order valence-corrected chi connectivity index (χ3v) is 5.07. The van der Waals surface area contributed by atoms with Gasteiger partial charge < -0.3 is 15.1 Å². The molecule has 2 aromatic rings. The van der Waals surface area contributed by atoms with Gasteiger partial charge in [0, 0.05) is 49.0 Å². The molecule has 4 nitrogen and oxygen atoms in total. The Morgan fingerprint density at radius 1 is 1.04 bits per heavy atom. The largest absolute Gasteiger partial charge is 0.373 e. The van der Waals surface area contributed by atoms with Gasteiger partial charge in [0.1, 0.15) is 6.04 Å². The maximum Gasteiger partial charge on any atom is 0.245 e. The Labute approximate surface area is 147 Å². The predicted octanol–water partition coefficient (Wildman–Crippen LogP) is 3.03. The van der Waals surface area contributed by atoms with Gasteiger partial charge in [-0.2, -0.15) is 0 Å². The van der Waals surface area contributed by atoms with Gasteiger partial charge in [-0.3, -0.25) is 4.79 Å². The summed E-state index contributed by atoms with van der Waals surface area (Å²) in [4.78, 5) is 17.1. The molecule has 1 amide bonds. The summed E-state index contributed by atoms with van der Waals surface area (Å²) in [5.41, 5.74) is 3.45. The Bertz CT molecular complexity index is 731. The minimum Gasteiger partial charge on any atom is -0.373 e. The molecule has 1 unspecified atom stereocenters. The van der Waals surface area contributed by atoms with Gasteiger partial charge in [-0.25, -0.2) is 0 Å². The topological polar surface area (TPSA) is 35.6 Å². The number of carbonyl (C=O) groups is 1. The highest BCUT2D eigenvalue weighted by Crippen LogP contribution is 2.27. The first-order chi connectivity index (χ1) is 11.7. The fraction of sp³-hybridized carbons (Fsp3) is 0.316. The smallest absolute Gasteiger partial charge is 0.245 e. The zero-order valence-corrected chi connectivity index (χ0v) is 14.2. The van der Waals surface area contributed by atoms with Crippen LogP contribution in [0.1, 0.15) is 5.56 Å². The van der Waals surface area contributed by atoms with Gasteiger partial charge in [-0.1, -0.05) is 35.9 Å². The average Bonchev–Trinajstić information content (AvgIpc) is 3.05. The maximum atomic E-state index is 12.8. The molecule has 5 heteroatoms. The summed E-state index contributed by atoms with van der Waals surface area (Å²) < 4.78 is 0. The molecule has 0 saturated carbocycles. The summed E-state index contributed by atoms with van der Waals surface area (Å²) in [6, 6.07) is 15.9. The van der Waals surface area contributed by atoms with Crippen LogP contribution in [0.3, 0.4) is 0 Å². The second-order valence-corrected chi connectivity index (χ2v) is 6.79. The average molecular weight is 342 g/mol. The number of amides is 1. The van der Waals surface area contributed by atoms with Crippen LogP contribution in [0.2, 0.25) is 5.02 Å². The van der Waals surface area contributed by atoms with E-state index in [-0.39, 0.29) is 11.9 Å². The van der Waals surface area contributed by atoms with Crippen LogP contribution < -0.4 is 10.2 Å². The van der Waals surface area contributed by atoms with Crippen molar-refractivity contribution in [3.05, 3.63) is 59.1 Å². The van der Waals surface area contributed by atoms with Gasteiger partial charge in [0.15, 0.2) is 0 Å². The Morgan fingerprint density at radius 3 is 2.58 bits per heavy atom. The van der Waals surface area contributed by atoms with Crippen molar-refractivity contribution in [1.29, 1.82) is 0 Å². The van der Waals surface area contributed by atoms with Gasteiger partial charge >= 0.3 is 0 Å². The summed E-state index contributed by atoms with van der Waals surface area (Å²) in [7, 11) is 0. The molecule has 1 fully saturated rings. The summed E-state index contributed by atoms with van der Waals surface area (Å²) in [5, 5.41) is 4.11. The lowest BCUT2D eigenvalue weighted by Crippen LogP contribution is -2.52. The number of carbonyl (C=O) groups excluding carboxylic acids is 1. The van der Waals surface area contributed by atoms with Crippen LogP contribution >= 0.6 is 11.6 Å². The summed E-state index contributed by atoms with van der Waals surface area (Å²) in [6.07, 6.45) is 0.781. The Hall–Kier alpha value is -2.20. The number of nitrogens with zero attached hydrogens (tertiary/aromatic N) is 2. The Kier molecular flexibility index (Phi) is 4.07. The number of hydrogen-bond acceptors (Lipinski definition) is 3. The number of anilines is 2. The Morgan fingerprint density at radius 2 is 1.83 bits per heavy atom. The molecule has 0 aliphatic carbocycles. The third-order valence-electron chi connectivity index (χ3n) is 4.83. The molecule has 2 aliphatic heterocycles. The second-order valence-electron chi connectivity index (χ2n) is 6.35. The van der Waals surface area contributed by atoms with E-state index in [1.165, 1.54) is 5.56 Å². The van der Waals surface area contributed by atoms with E-state index in [0.717, 1.165) is 49.0 Å². The molecule has 0 aromatic heterocycles. The van der Waals surface area contributed by atoms with Crippen molar-refractivity contribution >= 4 is 28.9 Å². The first-order valence-corrected chi connectivity index (χ1v) is 8.72. The number of hydrogen-bond donors (Lipinski definition) is 1. The normalized spacial score (nSPS) is 19.8. The number of para-hydroxylation sites is 1. The summed E-state index contributed by atoms with van der Waals surface area (Å²) >= 11 is 6.07. The summed E-state index contributed by atoms with van der Waals surface area (Å²) in [5.74, 6) is 0.206. The zero-order valence-electron chi connectivity index (χ0n) is 13.4. The minimum atomic E-state index is -0.125. The first kappa shape index (κ1) is 15.3. The molecular formula is C19H20ClN3O. The molecule has 1 atom stereocenters. The summed E-state index contributed by atoms with van der Waals surface area (Å²) in [6.45, 7) is 3.18. The molecule has 0 radical (unpaired) electrons. The molecule has 124 valence electrons. The molecule has 2 aliphatic rings. The van der Waals surface area contributed by atoms with Crippen molar-refractivity contribution in [1.82, 2.24) is 4.90 Å². The highest BCUT2D eigenvalue weighted by atomic mass is 35.5. The molecule has 24 heavy (non-hydrogen) atoms. The fourth-order valence-corrected chi connectivity index (χ4v) is 3.71. The van der Waals surface area contributed by atoms with Crippen molar-refractivity contribution in [2.75, 3.05) is 36.4 Å². The number of rotatable bonds is 2. The Balaban J connectivity index is 1.37. The van der Waals surface area contributed by atoms with Crippen LogP contribution in [-0.4, -0.2) is 43.0 Å². The van der Waals surface area contributed by atoms with Crippen LogP contribution in [-0.2, 0) is 11.2 Å². The zero-order chi connectivity index (χ0) is 16.5. The first-order valence-electron chi connectivity index (χ1n) is 8.34. The van der Waals surface area contributed by atoms with Gasteiger partial charge in [-0.05, 0) is 29.8 Å². The van der Waals surface area contributed by atoms with E-state index in [2.05, 4.69) is 22.3 Å². The van der Waals surface area contributed by atoms with Crippen molar-refractivity contribution in [3.8, 4) is 0 Å². The van der Waals surface area contributed by atoms with Gasteiger partial charge in [0.25, 0.3) is 0 Å². The molecule has 2 aromatic carbocycles. The lowest BCUT2D eigenvalue weighted by Gasteiger charge is -2.37. The number of benzene rings is 2. The maximum absolute atomic E-state index is 12.8. The van der Waals surface area contributed by atoms with Crippen LogP contribution in [0.4, 0.5) is 11.4 Å². The van der Waals surface area contributed by atoms with E-state index in [1.807, 2.05) is 41.3 Å². The lowest BCUT2D eigenvalue weighted by atomic mass is 10.1. The van der Waals surface area contributed by atoms with E-state index in [0.29, 0.717) is 0 Å². The van der Waals surface area contributed by atoms with Gasteiger partial charge in [-0.15, -0.1) is 0 Å². The van der Waals surface area contributed by atoms with E-state index in [1.54, 1.807) is 0 Å². The highest BCUT2D eigenvalue weighted by Gasteiger charge is 2.31. The van der Waals surface area contributed by atoms with E-state index in [4.69, 9.17) is 11.6 Å². The van der Waals surface area contributed by atoms with E-state index >= 15 is 0 Å². The molecule has 2 heterocycles. The standard InChI is InChI=1S/C19H20ClN3O/c20-15-5-3-6-16(13-15)22-8-10-23(11-9-22)19(24)18-12-14-4-1-2-7-17(14)21-18/h1-7,13,18,21H,8-12H2.